The molecule has 0 saturated carbocycles. The number of carbonyl (C=O) groups is 1. The van der Waals surface area contributed by atoms with Crippen LogP contribution in [0.3, 0.4) is 0 Å². The topological polar surface area (TPSA) is 72.9 Å². The van der Waals surface area contributed by atoms with Gasteiger partial charge in [0.15, 0.2) is 0 Å². The molecule has 0 unspecified atom stereocenters. The fraction of sp³-hybridized carbons (Fsp3) is 0.0690. The first-order chi connectivity index (χ1) is 17.9. The van der Waals surface area contributed by atoms with Crippen LogP contribution in [-0.2, 0) is 13.1 Å². The van der Waals surface area contributed by atoms with E-state index in [0.29, 0.717) is 28.3 Å². The van der Waals surface area contributed by atoms with E-state index in [1.54, 1.807) is 67.8 Å². The Hall–Kier alpha value is -3.63. The van der Waals surface area contributed by atoms with Crippen molar-refractivity contribution in [3.05, 3.63) is 127 Å². The van der Waals surface area contributed by atoms with Gasteiger partial charge in [-0.15, -0.1) is 0 Å². The molecule has 6 nitrogen and oxygen atoms in total. The van der Waals surface area contributed by atoms with Gasteiger partial charge < -0.3 is 0 Å². The van der Waals surface area contributed by atoms with Gasteiger partial charge in [0.1, 0.15) is 0 Å². The van der Waals surface area contributed by atoms with Crippen molar-refractivity contribution in [3.63, 3.8) is 0 Å². The Balaban J connectivity index is 1.75. The summed E-state index contributed by atoms with van der Waals surface area (Å²) < 4.78 is 43.7. The van der Waals surface area contributed by atoms with E-state index in [-0.39, 0.29) is 10.9 Å². The van der Waals surface area contributed by atoms with Gasteiger partial charge in [-0.3, -0.25) is 0 Å². The third kappa shape index (κ3) is 4.99. The van der Waals surface area contributed by atoms with Gasteiger partial charge in [-0.05, 0) is 0 Å². The van der Waals surface area contributed by atoms with Gasteiger partial charge in [0.05, 0.1) is 0 Å². The van der Waals surface area contributed by atoms with Crippen LogP contribution in [0, 0.1) is 10.5 Å². The molecule has 0 atom stereocenters. The molecule has 1 aliphatic heterocycles. The second kappa shape index (κ2) is 10.4. The van der Waals surface area contributed by atoms with Crippen molar-refractivity contribution < 1.29 is 21.0 Å². The van der Waals surface area contributed by atoms with Crippen LogP contribution in [0.5, 0.6) is 5.75 Å². The molecule has 1 aliphatic rings. The van der Waals surface area contributed by atoms with Crippen molar-refractivity contribution in [3.8, 4) is 5.75 Å². The Kier molecular flexibility index (Phi) is 7.03. The SMILES string of the molecule is COc1ccc(N(/C(=C\I2OC(=O)c3ccccc32)c2ccccc2)S(=O)(=O)c2ccc(C)cc2)cc1. The third-order valence-corrected chi connectivity index (χ3v) is 11.7. The van der Waals surface area contributed by atoms with Crippen molar-refractivity contribution >= 4 is 47.6 Å². The first-order valence-electron chi connectivity index (χ1n) is 11.4. The summed E-state index contributed by atoms with van der Waals surface area (Å²) in [5.74, 6) is 0.234. The molecular formula is C29H24INO5S. The second-order valence-corrected chi connectivity index (χ2v) is 13.8. The molecule has 8 heteroatoms. The summed E-state index contributed by atoms with van der Waals surface area (Å²) in [5, 5.41) is 0. The number of halogens is 1. The molecule has 0 radical (unpaired) electrons. The van der Waals surface area contributed by atoms with Crippen LogP contribution in [0.4, 0.5) is 5.69 Å². The van der Waals surface area contributed by atoms with E-state index in [2.05, 4.69) is 0 Å². The molecule has 5 rings (SSSR count). The van der Waals surface area contributed by atoms with Crippen LogP contribution >= 0.6 is 20.2 Å². The number of sulfonamides is 1. The van der Waals surface area contributed by atoms with E-state index in [1.807, 2.05) is 53.5 Å². The van der Waals surface area contributed by atoms with Crippen molar-refractivity contribution in [2.45, 2.75) is 11.8 Å². The fourth-order valence-electron chi connectivity index (χ4n) is 3.90. The molecule has 37 heavy (non-hydrogen) atoms. The number of hydrogen-bond acceptors (Lipinski definition) is 5. The van der Waals surface area contributed by atoms with Crippen molar-refractivity contribution in [2.75, 3.05) is 11.4 Å². The van der Waals surface area contributed by atoms with Crippen LogP contribution in [0.15, 0.2) is 112 Å². The number of benzene rings is 4. The summed E-state index contributed by atoms with van der Waals surface area (Å²) in [7, 11) is -2.50. The van der Waals surface area contributed by atoms with E-state index in [9.17, 15) is 13.2 Å². The number of nitrogens with zero attached hydrogens (tertiary/aromatic N) is 1. The summed E-state index contributed by atoms with van der Waals surface area (Å²) in [5.41, 5.74) is 3.05. The second-order valence-electron chi connectivity index (χ2n) is 8.26. The molecule has 4 aromatic carbocycles. The van der Waals surface area contributed by atoms with E-state index in [1.165, 1.54) is 4.31 Å². The summed E-state index contributed by atoms with van der Waals surface area (Å²) in [6.45, 7) is 1.91. The van der Waals surface area contributed by atoms with Gasteiger partial charge >= 0.3 is 225 Å². The normalized spacial score (nSPS) is 14.2. The van der Waals surface area contributed by atoms with Crippen molar-refractivity contribution in [1.29, 1.82) is 0 Å². The zero-order chi connectivity index (χ0) is 26.0. The van der Waals surface area contributed by atoms with Crippen LogP contribution in [0.2, 0.25) is 0 Å². The Labute approximate surface area is 224 Å². The maximum atomic E-state index is 14.3. The monoisotopic (exact) mass is 625 g/mol. The minimum atomic E-state index is -4.06. The van der Waals surface area contributed by atoms with Crippen LogP contribution in [0.1, 0.15) is 21.5 Å². The number of anilines is 1. The maximum absolute atomic E-state index is 14.3. The van der Waals surface area contributed by atoms with Crippen LogP contribution in [-0.4, -0.2) is 21.5 Å². The summed E-state index contributed by atoms with van der Waals surface area (Å²) in [6, 6.07) is 30.2. The number of rotatable bonds is 7. The predicted molar refractivity (Wildman–Crippen MR) is 153 cm³/mol. The molecule has 1 heterocycles. The average molecular weight is 625 g/mol. The fourth-order valence-corrected chi connectivity index (χ4v) is 9.67. The molecule has 0 N–H and O–H groups in total. The molecule has 0 aromatic heterocycles. The molecule has 0 bridgehead atoms. The van der Waals surface area contributed by atoms with Gasteiger partial charge in [-0.25, -0.2) is 0 Å². The molecule has 0 spiro atoms. The first kappa shape index (κ1) is 25.0. The predicted octanol–water partition coefficient (Wildman–Crippen LogP) is 6.66. The summed E-state index contributed by atoms with van der Waals surface area (Å²) >= 11 is -2.70. The number of hydrogen-bond donors (Lipinski definition) is 0. The zero-order valence-electron chi connectivity index (χ0n) is 20.2. The van der Waals surface area contributed by atoms with Crippen LogP contribution < -0.4 is 9.04 Å². The molecule has 0 saturated heterocycles. The summed E-state index contributed by atoms with van der Waals surface area (Å²) in [4.78, 5) is 12.8. The van der Waals surface area contributed by atoms with Gasteiger partial charge in [-0.2, -0.15) is 0 Å². The molecule has 0 amide bonds. The number of aryl methyl sites for hydroxylation is 1. The average Bonchev–Trinajstić information content (AvgIpc) is 3.24. The molecule has 0 fully saturated rings. The molecule has 4 aromatic rings. The number of fused-ring (bicyclic) bond motifs is 1. The quantitative estimate of drug-likeness (QED) is 0.215. The van der Waals surface area contributed by atoms with Crippen molar-refractivity contribution in [1.82, 2.24) is 0 Å². The standard InChI is InChI=1S/C29H24INO5S/c1-21-12-18-25(19-13-21)37(33,34)31(23-14-16-24(35-2)17-15-23)28(22-8-4-3-5-9-22)20-30-27-11-7-6-10-26(27)29(32)36-30/h3-20H,1-2H3/b28-20-. The Bertz CT molecular complexity index is 1570. The molecule has 0 aliphatic carbocycles. The Morgan fingerprint density at radius 3 is 2.19 bits per heavy atom. The Morgan fingerprint density at radius 1 is 0.865 bits per heavy atom. The number of carbonyl (C=O) groups excluding carboxylic acids is 1. The van der Waals surface area contributed by atoms with Crippen LogP contribution in [0.25, 0.3) is 5.70 Å². The van der Waals surface area contributed by atoms with Gasteiger partial charge in [0, 0.05) is 0 Å². The summed E-state index contributed by atoms with van der Waals surface area (Å²) in [6.07, 6.45) is 0. The number of ether oxygens (including phenoxy) is 1. The Morgan fingerprint density at radius 2 is 1.51 bits per heavy atom. The van der Waals surface area contributed by atoms with Crippen molar-refractivity contribution in [2.24, 2.45) is 0 Å². The molecule has 188 valence electrons. The van der Waals surface area contributed by atoms with E-state index in [4.69, 9.17) is 7.80 Å². The first-order valence-corrected chi connectivity index (χ1v) is 16.1. The number of methoxy groups -OCH3 is 1. The third-order valence-electron chi connectivity index (χ3n) is 5.80. The van der Waals surface area contributed by atoms with Gasteiger partial charge in [0.2, 0.25) is 0 Å². The minimum absolute atomic E-state index is 0.156. The van der Waals surface area contributed by atoms with E-state index < -0.39 is 30.3 Å². The zero-order valence-corrected chi connectivity index (χ0v) is 23.1. The van der Waals surface area contributed by atoms with Gasteiger partial charge in [-0.1, -0.05) is 0 Å². The van der Waals surface area contributed by atoms with E-state index in [0.717, 1.165) is 9.13 Å². The molecular weight excluding hydrogens is 601 g/mol. The van der Waals surface area contributed by atoms with E-state index >= 15 is 0 Å². The van der Waals surface area contributed by atoms with Gasteiger partial charge in [0.25, 0.3) is 0 Å².